The summed E-state index contributed by atoms with van der Waals surface area (Å²) in [5, 5.41) is 3.30. The van der Waals surface area contributed by atoms with Crippen molar-refractivity contribution in [3.05, 3.63) is 29.8 Å². The molecule has 20 heavy (non-hydrogen) atoms. The largest absolute Gasteiger partial charge is 0.313 e. The fraction of sp³-hybridized carbons (Fsp3) is 0.600. The molecule has 0 aliphatic heterocycles. The van der Waals surface area contributed by atoms with Gasteiger partial charge in [0.25, 0.3) is 0 Å². The molecular weight excluding hydrogens is 272 g/mol. The van der Waals surface area contributed by atoms with Crippen LogP contribution in [-0.4, -0.2) is 31.9 Å². The summed E-state index contributed by atoms with van der Waals surface area (Å²) >= 11 is 0. The van der Waals surface area contributed by atoms with Gasteiger partial charge < -0.3 is 5.32 Å². The molecular formula is C15H24N2O2S. The lowest BCUT2D eigenvalue weighted by Gasteiger charge is -2.20. The Labute approximate surface area is 122 Å². The third-order valence-corrected chi connectivity index (χ3v) is 5.55. The Morgan fingerprint density at radius 2 is 2.05 bits per heavy atom. The van der Waals surface area contributed by atoms with Gasteiger partial charge in [-0.2, -0.15) is 4.31 Å². The van der Waals surface area contributed by atoms with Crippen molar-refractivity contribution < 1.29 is 8.42 Å². The monoisotopic (exact) mass is 296 g/mol. The Morgan fingerprint density at radius 1 is 1.30 bits per heavy atom. The first-order chi connectivity index (χ1) is 9.59. The molecule has 1 N–H and O–H groups in total. The van der Waals surface area contributed by atoms with Gasteiger partial charge >= 0.3 is 0 Å². The first-order valence-corrected chi connectivity index (χ1v) is 8.85. The Bertz CT molecular complexity index is 539. The summed E-state index contributed by atoms with van der Waals surface area (Å²) < 4.78 is 26.9. The van der Waals surface area contributed by atoms with Gasteiger partial charge in [0, 0.05) is 19.1 Å². The summed E-state index contributed by atoms with van der Waals surface area (Å²) in [5.74, 6) is 0. The molecule has 0 spiro atoms. The molecule has 0 radical (unpaired) electrons. The smallest absolute Gasteiger partial charge is 0.243 e. The Kier molecular flexibility index (Phi) is 5.18. The van der Waals surface area contributed by atoms with Crippen LogP contribution in [0.2, 0.25) is 0 Å². The third kappa shape index (κ3) is 3.59. The number of nitrogens with one attached hydrogen (secondary N) is 1. The average molecular weight is 296 g/mol. The molecule has 0 bridgehead atoms. The molecule has 2 rings (SSSR count). The normalized spacial score (nSPS) is 15.8. The summed E-state index contributed by atoms with van der Waals surface area (Å²) in [5.41, 5.74) is 1.02. The maximum absolute atomic E-state index is 12.6. The van der Waals surface area contributed by atoms with Gasteiger partial charge in [0.15, 0.2) is 0 Å². The van der Waals surface area contributed by atoms with Gasteiger partial charge in [-0.05, 0) is 43.5 Å². The number of nitrogens with zero attached hydrogens (tertiary/aromatic N) is 1. The molecule has 1 saturated carbocycles. The number of benzene rings is 1. The van der Waals surface area contributed by atoms with Crippen molar-refractivity contribution in [1.29, 1.82) is 0 Å². The SMILES string of the molecule is CCCNCc1cccc(S(=O)(=O)N(CC)C2CC2)c1. The van der Waals surface area contributed by atoms with Crippen molar-refractivity contribution in [2.24, 2.45) is 0 Å². The molecule has 0 aromatic heterocycles. The molecule has 1 aliphatic carbocycles. The van der Waals surface area contributed by atoms with Gasteiger partial charge in [-0.3, -0.25) is 0 Å². The minimum absolute atomic E-state index is 0.215. The standard InChI is InChI=1S/C15H24N2O2S/c1-3-10-16-12-13-6-5-7-15(11-13)20(18,19)17(4-2)14-8-9-14/h5-7,11,14,16H,3-4,8-10,12H2,1-2H3. The van der Waals surface area contributed by atoms with E-state index in [4.69, 9.17) is 0 Å². The van der Waals surface area contributed by atoms with Gasteiger partial charge in [0.05, 0.1) is 4.90 Å². The summed E-state index contributed by atoms with van der Waals surface area (Å²) in [4.78, 5) is 0.419. The summed E-state index contributed by atoms with van der Waals surface area (Å²) in [6.45, 7) is 6.23. The quantitative estimate of drug-likeness (QED) is 0.749. The Hall–Kier alpha value is -0.910. The highest BCUT2D eigenvalue weighted by molar-refractivity contribution is 7.89. The first kappa shape index (κ1) is 15.5. The van der Waals surface area contributed by atoms with E-state index in [1.807, 2.05) is 19.1 Å². The highest BCUT2D eigenvalue weighted by Gasteiger charge is 2.36. The molecule has 0 amide bonds. The van der Waals surface area contributed by atoms with E-state index in [-0.39, 0.29) is 6.04 Å². The van der Waals surface area contributed by atoms with Crippen LogP contribution in [0, 0.1) is 0 Å². The fourth-order valence-electron chi connectivity index (χ4n) is 2.35. The van der Waals surface area contributed by atoms with Crippen molar-refractivity contribution in [2.45, 2.75) is 50.6 Å². The van der Waals surface area contributed by atoms with E-state index in [9.17, 15) is 8.42 Å². The molecule has 1 aromatic rings. The van der Waals surface area contributed by atoms with Gasteiger partial charge in [-0.15, -0.1) is 0 Å². The van der Waals surface area contributed by atoms with Gasteiger partial charge in [0.1, 0.15) is 0 Å². The molecule has 0 saturated heterocycles. The Balaban J connectivity index is 2.16. The van der Waals surface area contributed by atoms with Gasteiger partial charge in [0.2, 0.25) is 10.0 Å². The van der Waals surface area contributed by atoms with E-state index in [1.165, 1.54) is 0 Å². The zero-order valence-electron chi connectivity index (χ0n) is 12.3. The van der Waals surface area contributed by atoms with Crippen molar-refractivity contribution >= 4 is 10.0 Å². The summed E-state index contributed by atoms with van der Waals surface area (Å²) in [6, 6.07) is 7.50. The van der Waals surface area contributed by atoms with Crippen molar-refractivity contribution in [3.8, 4) is 0 Å². The zero-order valence-corrected chi connectivity index (χ0v) is 13.1. The molecule has 5 heteroatoms. The van der Waals surface area contributed by atoms with Crippen molar-refractivity contribution in [3.63, 3.8) is 0 Å². The molecule has 0 atom stereocenters. The van der Waals surface area contributed by atoms with E-state index in [2.05, 4.69) is 12.2 Å². The maximum Gasteiger partial charge on any atom is 0.243 e. The summed E-state index contributed by atoms with van der Waals surface area (Å²) in [7, 11) is -3.34. The predicted molar refractivity (Wildman–Crippen MR) is 81.0 cm³/mol. The molecule has 4 nitrogen and oxygen atoms in total. The number of sulfonamides is 1. The van der Waals surface area contributed by atoms with Crippen LogP contribution in [-0.2, 0) is 16.6 Å². The van der Waals surface area contributed by atoms with Gasteiger partial charge in [-0.1, -0.05) is 26.0 Å². The Morgan fingerprint density at radius 3 is 2.65 bits per heavy atom. The molecule has 0 heterocycles. The van der Waals surface area contributed by atoms with Crippen LogP contribution in [0.4, 0.5) is 0 Å². The maximum atomic E-state index is 12.6. The lowest BCUT2D eigenvalue weighted by atomic mass is 10.2. The van der Waals surface area contributed by atoms with Crippen LogP contribution in [0.25, 0.3) is 0 Å². The van der Waals surface area contributed by atoms with Crippen LogP contribution >= 0.6 is 0 Å². The highest BCUT2D eigenvalue weighted by Crippen LogP contribution is 2.31. The predicted octanol–water partition coefficient (Wildman–Crippen LogP) is 2.36. The van der Waals surface area contributed by atoms with Crippen LogP contribution in [0.5, 0.6) is 0 Å². The molecule has 1 aliphatic rings. The molecule has 112 valence electrons. The van der Waals surface area contributed by atoms with Crippen LogP contribution in [0.1, 0.15) is 38.7 Å². The summed E-state index contributed by atoms with van der Waals surface area (Å²) in [6.07, 6.45) is 3.05. The topological polar surface area (TPSA) is 49.4 Å². The number of hydrogen-bond acceptors (Lipinski definition) is 3. The highest BCUT2D eigenvalue weighted by atomic mass is 32.2. The lowest BCUT2D eigenvalue weighted by Crippen LogP contribution is -2.33. The molecule has 1 fully saturated rings. The van der Waals surface area contributed by atoms with E-state index in [0.29, 0.717) is 18.0 Å². The van der Waals surface area contributed by atoms with Crippen LogP contribution in [0.3, 0.4) is 0 Å². The van der Waals surface area contributed by atoms with Crippen molar-refractivity contribution in [1.82, 2.24) is 9.62 Å². The first-order valence-electron chi connectivity index (χ1n) is 7.41. The second-order valence-electron chi connectivity index (χ2n) is 5.26. The minimum atomic E-state index is -3.34. The average Bonchev–Trinajstić information content (AvgIpc) is 3.25. The molecule has 0 unspecified atom stereocenters. The van der Waals surface area contributed by atoms with E-state index in [0.717, 1.165) is 31.4 Å². The number of rotatable bonds is 8. The lowest BCUT2D eigenvalue weighted by molar-refractivity contribution is 0.421. The van der Waals surface area contributed by atoms with Crippen molar-refractivity contribution in [2.75, 3.05) is 13.1 Å². The van der Waals surface area contributed by atoms with Gasteiger partial charge in [-0.25, -0.2) is 8.42 Å². The van der Waals surface area contributed by atoms with E-state index >= 15 is 0 Å². The van der Waals surface area contributed by atoms with Crippen LogP contribution in [0.15, 0.2) is 29.2 Å². The zero-order chi connectivity index (χ0) is 14.6. The minimum Gasteiger partial charge on any atom is -0.313 e. The third-order valence-electron chi connectivity index (χ3n) is 3.53. The second-order valence-corrected chi connectivity index (χ2v) is 7.15. The fourth-order valence-corrected chi connectivity index (χ4v) is 4.11. The van der Waals surface area contributed by atoms with Crippen LogP contribution < -0.4 is 5.32 Å². The second kappa shape index (κ2) is 6.70. The van der Waals surface area contributed by atoms with E-state index in [1.54, 1.807) is 16.4 Å². The molecule has 1 aromatic carbocycles. The number of hydrogen-bond donors (Lipinski definition) is 1. The van der Waals surface area contributed by atoms with E-state index < -0.39 is 10.0 Å².